The first-order valence-electron chi connectivity index (χ1n) is 15.0. The molecule has 2 aromatic carbocycles. The molecule has 3 aromatic rings. The van der Waals surface area contributed by atoms with Gasteiger partial charge in [0.05, 0.1) is 78.3 Å². The second kappa shape index (κ2) is 17.7. The van der Waals surface area contributed by atoms with E-state index < -0.39 is 0 Å². The van der Waals surface area contributed by atoms with E-state index in [1.165, 1.54) is 5.56 Å². The number of hydrogen-bond donors (Lipinski definition) is 1. The van der Waals surface area contributed by atoms with Gasteiger partial charge in [0.15, 0.2) is 0 Å². The molecule has 0 bridgehead atoms. The van der Waals surface area contributed by atoms with Gasteiger partial charge in [-0.05, 0) is 11.6 Å². The molecule has 2 heterocycles. The summed E-state index contributed by atoms with van der Waals surface area (Å²) in [6.45, 7) is 10.6. The summed E-state index contributed by atoms with van der Waals surface area (Å²) < 4.78 is 29.9. The lowest BCUT2D eigenvalue weighted by Gasteiger charge is -2.26. The Labute approximate surface area is 254 Å². The summed E-state index contributed by atoms with van der Waals surface area (Å²) in [7, 11) is 2.11. The van der Waals surface area contributed by atoms with E-state index in [2.05, 4.69) is 70.0 Å². The number of ether oxygens (including phenoxy) is 5. The van der Waals surface area contributed by atoms with Crippen LogP contribution in [0.15, 0.2) is 48.5 Å². The van der Waals surface area contributed by atoms with Crippen LogP contribution in [-0.4, -0.2) is 101 Å². The number of carbonyl (C=O) groups excluding carboxylic acids is 1. The monoisotopic (exact) mass is 595 g/mol. The summed E-state index contributed by atoms with van der Waals surface area (Å²) in [6, 6.07) is 16.8. The first kappa shape index (κ1) is 32.6. The van der Waals surface area contributed by atoms with Crippen molar-refractivity contribution in [3.05, 3.63) is 54.1 Å². The third-order valence-corrected chi connectivity index (χ3v) is 6.99. The number of nitrogens with zero attached hydrogens (tertiary/aromatic N) is 4. The first-order valence-corrected chi connectivity index (χ1v) is 15.0. The fourth-order valence-corrected chi connectivity index (χ4v) is 4.74. The molecule has 0 atom stereocenters. The molecule has 234 valence electrons. The summed E-state index contributed by atoms with van der Waals surface area (Å²) in [5.74, 6) is 0.0217. The van der Waals surface area contributed by atoms with Crippen molar-refractivity contribution < 1.29 is 28.5 Å². The Morgan fingerprint density at radius 1 is 0.791 bits per heavy atom. The number of hydrogen-bond acceptors (Lipinski definition) is 9. The molecule has 4 rings (SSSR count). The molecule has 1 aliphatic heterocycles. The molecule has 43 heavy (non-hydrogen) atoms. The van der Waals surface area contributed by atoms with Crippen LogP contribution in [0.1, 0.15) is 19.4 Å². The van der Waals surface area contributed by atoms with Crippen molar-refractivity contribution in [2.24, 2.45) is 5.92 Å². The fourth-order valence-electron chi connectivity index (χ4n) is 4.74. The lowest BCUT2D eigenvalue weighted by molar-refractivity contribution is -0.124. The topological polar surface area (TPSA) is 109 Å². The minimum Gasteiger partial charge on any atom is -0.377 e. The highest BCUT2D eigenvalue weighted by molar-refractivity contribution is 5.87. The second-order valence-corrected chi connectivity index (χ2v) is 10.5. The van der Waals surface area contributed by atoms with Crippen molar-refractivity contribution in [2.45, 2.75) is 26.9 Å². The van der Waals surface area contributed by atoms with Gasteiger partial charge >= 0.3 is 0 Å². The van der Waals surface area contributed by atoms with Crippen LogP contribution < -0.4 is 10.2 Å². The molecule has 0 saturated heterocycles. The predicted molar refractivity (Wildman–Crippen MR) is 165 cm³/mol. The number of nitrogens with one attached hydrogen (secondary N) is 1. The molecule has 1 amide bonds. The van der Waals surface area contributed by atoms with E-state index in [4.69, 9.17) is 23.7 Å². The average Bonchev–Trinajstić information content (AvgIpc) is 3.43. The number of benzene rings is 2. The van der Waals surface area contributed by atoms with E-state index in [0.29, 0.717) is 79.2 Å². The third-order valence-electron chi connectivity index (χ3n) is 6.99. The number of fused-ring (bicyclic) bond motifs is 5. The van der Waals surface area contributed by atoms with Gasteiger partial charge in [-0.25, -0.2) is 4.68 Å². The van der Waals surface area contributed by atoms with Crippen molar-refractivity contribution >= 4 is 11.6 Å². The number of rotatable bonds is 19. The van der Waals surface area contributed by atoms with E-state index in [0.717, 1.165) is 34.7 Å². The Hall–Kier alpha value is -3.35. The van der Waals surface area contributed by atoms with Crippen LogP contribution in [0.3, 0.4) is 0 Å². The Morgan fingerprint density at radius 3 is 2.00 bits per heavy atom. The van der Waals surface area contributed by atoms with Gasteiger partial charge in [0.1, 0.15) is 5.69 Å². The largest absolute Gasteiger partial charge is 0.377 e. The van der Waals surface area contributed by atoms with E-state index in [1.54, 1.807) is 0 Å². The number of carbonyl (C=O) groups is 1. The Kier molecular flexibility index (Phi) is 13.4. The van der Waals surface area contributed by atoms with Crippen molar-refractivity contribution in [3.63, 3.8) is 0 Å². The standard InChI is InChI=1S/C32H45N5O6/c1-25(2)32(38)33-12-14-39-16-18-41-20-22-43-23-21-42-19-17-40-15-13-37-31-27-9-5-4-8-26(27)24-36(3)29-11-7-6-10-28(29)30(31)34-35-37/h4-11,25H,12-24H2,1-3H3,(H,33,38). The zero-order valence-electron chi connectivity index (χ0n) is 25.6. The maximum atomic E-state index is 11.4. The maximum absolute atomic E-state index is 11.4. The Balaban J connectivity index is 1.06. The zero-order valence-corrected chi connectivity index (χ0v) is 25.6. The van der Waals surface area contributed by atoms with Crippen LogP contribution in [0.25, 0.3) is 22.5 Å². The summed E-state index contributed by atoms with van der Waals surface area (Å²) >= 11 is 0. The highest BCUT2D eigenvalue weighted by Crippen LogP contribution is 2.40. The molecule has 1 aromatic heterocycles. The number of amides is 1. The van der Waals surface area contributed by atoms with Crippen molar-refractivity contribution in [2.75, 3.05) is 84.6 Å². The third kappa shape index (κ3) is 9.84. The minimum absolute atomic E-state index is 0.0131. The van der Waals surface area contributed by atoms with Crippen LogP contribution in [0, 0.1) is 5.92 Å². The van der Waals surface area contributed by atoms with Crippen LogP contribution >= 0.6 is 0 Å². The molecule has 1 N–H and O–H groups in total. The van der Waals surface area contributed by atoms with Gasteiger partial charge in [0.25, 0.3) is 0 Å². The van der Waals surface area contributed by atoms with Gasteiger partial charge in [-0.2, -0.15) is 0 Å². The minimum atomic E-state index is -0.0131. The van der Waals surface area contributed by atoms with Gasteiger partial charge in [-0.3, -0.25) is 4.79 Å². The molecule has 11 heteroatoms. The molecule has 0 radical (unpaired) electrons. The highest BCUT2D eigenvalue weighted by Gasteiger charge is 2.25. The lowest BCUT2D eigenvalue weighted by Crippen LogP contribution is -2.31. The molecule has 0 spiro atoms. The molecule has 0 aliphatic carbocycles. The van der Waals surface area contributed by atoms with Crippen molar-refractivity contribution in [3.8, 4) is 22.5 Å². The molecule has 0 fully saturated rings. The van der Waals surface area contributed by atoms with Crippen LogP contribution in [0.4, 0.5) is 5.69 Å². The maximum Gasteiger partial charge on any atom is 0.222 e. The summed E-state index contributed by atoms with van der Waals surface area (Å²) in [5.41, 5.74) is 6.52. The van der Waals surface area contributed by atoms with Gasteiger partial charge in [-0.1, -0.05) is 61.5 Å². The number of anilines is 1. The average molecular weight is 596 g/mol. The van der Waals surface area contributed by atoms with Gasteiger partial charge in [0.2, 0.25) is 5.91 Å². The van der Waals surface area contributed by atoms with Crippen LogP contribution in [0.5, 0.6) is 0 Å². The van der Waals surface area contributed by atoms with Gasteiger partial charge < -0.3 is 33.9 Å². The smallest absolute Gasteiger partial charge is 0.222 e. The molecular weight excluding hydrogens is 550 g/mol. The van der Waals surface area contributed by atoms with Crippen molar-refractivity contribution in [1.82, 2.24) is 20.3 Å². The predicted octanol–water partition coefficient (Wildman–Crippen LogP) is 3.42. The normalized spacial score (nSPS) is 12.4. The molecular formula is C32H45N5O6. The molecule has 0 saturated carbocycles. The molecule has 0 unspecified atom stereocenters. The van der Waals surface area contributed by atoms with Crippen LogP contribution in [0.2, 0.25) is 0 Å². The Morgan fingerprint density at radius 2 is 1.35 bits per heavy atom. The summed E-state index contributed by atoms with van der Waals surface area (Å²) in [4.78, 5) is 13.7. The van der Waals surface area contributed by atoms with E-state index in [9.17, 15) is 4.79 Å². The van der Waals surface area contributed by atoms with E-state index in [1.807, 2.05) is 24.6 Å². The van der Waals surface area contributed by atoms with Crippen LogP contribution in [-0.2, 0) is 41.6 Å². The summed E-state index contributed by atoms with van der Waals surface area (Å²) in [5, 5.41) is 11.9. The first-order chi connectivity index (χ1) is 21.1. The quantitative estimate of drug-likeness (QED) is 0.209. The Bertz CT molecular complexity index is 1270. The number of para-hydroxylation sites is 1. The highest BCUT2D eigenvalue weighted by atomic mass is 16.6. The number of aromatic nitrogens is 3. The zero-order chi connectivity index (χ0) is 30.3. The van der Waals surface area contributed by atoms with Gasteiger partial charge in [0, 0.05) is 42.9 Å². The fraction of sp³-hybridized carbons (Fsp3) is 0.531. The lowest BCUT2D eigenvalue weighted by atomic mass is 9.96. The molecule has 1 aliphatic rings. The van der Waals surface area contributed by atoms with E-state index in [-0.39, 0.29) is 11.8 Å². The van der Waals surface area contributed by atoms with Crippen molar-refractivity contribution in [1.29, 1.82) is 0 Å². The summed E-state index contributed by atoms with van der Waals surface area (Å²) in [6.07, 6.45) is 0. The molecule has 11 nitrogen and oxygen atoms in total. The second-order valence-electron chi connectivity index (χ2n) is 10.5. The SMILES string of the molecule is CC(C)C(=O)NCCOCCOCCOCCOCCOCCn1nnc2c1-c1ccccc1CN(C)c1ccccc1-2. The van der Waals surface area contributed by atoms with Gasteiger partial charge in [-0.15, -0.1) is 5.10 Å². The van der Waals surface area contributed by atoms with E-state index >= 15 is 0 Å².